The number of ether oxygens (including phenoxy) is 1. The number of nitrogen functional groups attached to an aromatic ring is 1. The largest absolute Gasteiger partial charge is 0.504 e. The van der Waals surface area contributed by atoms with E-state index in [1.54, 1.807) is 23.8 Å². The van der Waals surface area contributed by atoms with E-state index in [4.69, 9.17) is 10.5 Å². The number of phenols is 1. The molecule has 3 aromatic carbocycles. The first-order valence-electron chi connectivity index (χ1n) is 23.9. The van der Waals surface area contributed by atoms with Crippen molar-refractivity contribution >= 4 is 23.5 Å². The number of hydrogen-bond donors (Lipinski definition) is 4. The summed E-state index contributed by atoms with van der Waals surface area (Å²) in [5, 5.41) is 18.5. The number of anilines is 1. The Kier molecular flexibility index (Phi) is 14.9. The highest BCUT2D eigenvalue weighted by Gasteiger charge is 2.46. The predicted molar refractivity (Wildman–Crippen MR) is 254 cm³/mol. The number of nitrogens with two attached hydrogens (primary N) is 1. The lowest BCUT2D eigenvalue weighted by Gasteiger charge is -2.50. The molecule has 0 spiro atoms. The fourth-order valence-corrected chi connectivity index (χ4v) is 11.6. The molecule has 4 atom stereocenters. The summed E-state index contributed by atoms with van der Waals surface area (Å²) >= 11 is 0. The van der Waals surface area contributed by atoms with Crippen molar-refractivity contribution in [3.8, 4) is 11.5 Å². The number of nitrogens with one attached hydrogen (secondary N) is 2. The van der Waals surface area contributed by atoms with Crippen LogP contribution in [0.2, 0.25) is 0 Å². The molecule has 1 saturated carbocycles. The number of pyridine rings is 1. The second kappa shape index (κ2) is 21.1. The van der Waals surface area contributed by atoms with Gasteiger partial charge in [-0.3, -0.25) is 9.59 Å². The Balaban J connectivity index is 0.882. The van der Waals surface area contributed by atoms with Gasteiger partial charge in [0.1, 0.15) is 11.6 Å². The molecule has 3 fully saturated rings. The van der Waals surface area contributed by atoms with Gasteiger partial charge < -0.3 is 26.2 Å². The van der Waals surface area contributed by atoms with E-state index in [1.807, 2.05) is 12.3 Å². The number of piperidine rings is 2. The lowest BCUT2D eigenvalue weighted by Crippen LogP contribution is -2.53. The topological polar surface area (TPSA) is 127 Å². The van der Waals surface area contributed by atoms with Crippen LogP contribution < -0.4 is 21.1 Å². The number of aryl methyl sites for hydroxylation is 4. The van der Waals surface area contributed by atoms with Crippen molar-refractivity contribution in [3.05, 3.63) is 136 Å². The van der Waals surface area contributed by atoms with Gasteiger partial charge in [0, 0.05) is 25.2 Å². The van der Waals surface area contributed by atoms with Crippen LogP contribution in [-0.4, -0.2) is 54.4 Å². The van der Waals surface area contributed by atoms with E-state index in [0.29, 0.717) is 47.7 Å². The van der Waals surface area contributed by atoms with Crippen molar-refractivity contribution in [2.24, 2.45) is 23.2 Å². The number of allylic oxidation sites excluding steroid dienone is 1. The molecule has 332 valence electrons. The van der Waals surface area contributed by atoms with Crippen LogP contribution in [0.5, 0.6) is 11.5 Å². The summed E-state index contributed by atoms with van der Waals surface area (Å²) in [5.41, 5.74) is 15.7. The number of hydrogen-bond acceptors (Lipinski definition) is 8. The molecular weight excluding hydrogens is 781 g/mol. The zero-order valence-corrected chi connectivity index (χ0v) is 37.4. The third-order valence-electron chi connectivity index (χ3n) is 14.9. The molecule has 63 heavy (non-hydrogen) atoms. The van der Waals surface area contributed by atoms with Gasteiger partial charge in [-0.05, 0) is 183 Å². The highest BCUT2D eigenvalue weighted by Crippen LogP contribution is 2.52. The molecule has 2 saturated heterocycles. The van der Waals surface area contributed by atoms with Crippen molar-refractivity contribution in [2.45, 2.75) is 115 Å². The number of benzene rings is 3. The first-order chi connectivity index (χ1) is 30.7. The van der Waals surface area contributed by atoms with Crippen LogP contribution in [-0.2, 0) is 41.7 Å². The molecular formula is C55H68N4O4. The lowest BCUT2D eigenvalue weighted by molar-refractivity contribution is -0.124. The van der Waals surface area contributed by atoms with Gasteiger partial charge >= 0.3 is 0 Å². The van der Waals surface area contributed by atoms with Crippen LogP contribution in [0.25, 0.3) is 6.08 Å². The van der Waals surface area contributed by atoms with Crippen molar-refractivity contribution in [1.29, 1.82) is 0 Å². The Morgan fingerprint density at radius 3 is 2.49 bits per heavy atom. The zero-order chi connectivity index (χ0) is 43.6. The van der Waals surface area contributed by atoms with Crippen LogP contribution in [0.15, 0.2) is 96.7 Å². The first kappa shape index (κ1) is 44.6. The van der Waals surface area contributed by atoms with Gasteiger partial charge in [0.2, 0.25) is 0 Å². The average molecular weight is 849 g/mol. The number of aromatic nitrogens is 1. The van der Waals surface area contributed by atoms with Crippen LogP contribution in [0.1, 0.15) is 116 Å². The van der Waals surface area contributed by atoms with E-state index < -0.39 is 0 Å². The minimum Gasteiger partial charge on any atom is -0.504 e. The van der Waals surface area contributed by atoms with Crippen molar-refractivity contribution in [2.75, 3.05) is 32.5 Å². The summed E-state index contributed by atoms with van der Waals surface area (Å²) in [6.07, 6.45) is 24.1. The fraction of sp³-hybridized carbons (Fsp3) is 0.473. The molecule has 8 heteroatoms. The third kappa shape index (κ3) is 11.6. The second-order valence-corrected chi connectivity index (χ2v) is 19.1. The highest BCUT2D eigenvalue weighted by molar-refractivity contribution is 6.06. The van der Waals surface area contributed by atoms with E-state index in [2.05, 4.69) is 76.3 Å². The van der Waals surface area contributed by atoms with Crippen molar-refractivity contribution in [3.63, 3.8) is 0 Å². The molecule has 4 aromatic rings. The Morgan fingerprint density at radius 2 is 1.68 bits per heavy atom. The molecule has 2 aliphatic heterocycles. The summed E-state index contributed by atoms with van der Waals surface area (Å²) < 4.78 is 5.47. The molecule has 4 aliphatic rings. The maximum Gasteiger partial charge on any atom is 0.163 e. The molecule has 0 unspecified atom stereocenters. The van der Waals surface area contributed by atoms with E-state index in [1.165, 1.54) is 81.2 Å². The number of fused-ring (bicyclic) bond motifs is 2. The smallest absolute Gasteiger partial charge is 0.163 e. The van der Waals surface area contributed by atoms with Crippen LogP contribution >= 0.6 is 0 Å². The fourth-order valence-electron chi connectivity index (χ4n) is 11.6. The first-order valence-corrected chi connectivity index (χ1v) is 23.9. The van der Waals surface area contributed by atoms with Gasteiger partial charge in [0.25, 0.3) is 0 Å². The average Bonchev–Trinajstić information content (AvgIpc) is 3.76. The number of nitrogens with zero attached hydrogens (tertiary/aromatic N) is 1. The zero-order valence-electron chi connectivity index (χ0n) is 37.4. The Morgan fingerprint density at radius 1 is 0.905 bits per heavy atom. The van der Waals surface area contributed by atoms with Crippen LogP contribution in [0.4, 0.5) is 5.82 Å². The summed E-state index contributed by atoms with van der Waals surface area (Å²) in [6, 6.07) is 25.3. The predicted octanol–water partition coefficient (Wildman–Crippen LogP) is 9.74. The summed E-state index contributed by atoms with van der Waals surface area (Å²) in [4.78, 5) is 31.1. The quantitative estimate of drug-likeness (QED) is 0.0418. The van der Waals surface area contributed by atoms with Gasteiger partial charge in [-0.2, -0.15) is 0 Å². The molecule has 0 amide bonds. The monoisotopic (exact) mass is 849 g/mol. The summed E-state index contributed by atoms with van der Waals surface area (Å²) in [7, 11) is 1.51. The number of rotatable bonds is 19. The van der Waals surface area contributed by atoms with E-state index in [9.17, 15) is 14.7 Å². The Bertz CT molecular complexity index is 2260. The number of methoxy groups -OCH3 is 1. The number of carbonyl (C=O) groups excluding carboxylic acids is 2. The molecule has 5 N–H and O–H groups in total. The number of carbonyl (C=O) groups is 2. The third-order valence-corrected chi connectivity index (χ3v) is 14.9. The van der Waals surface area contributed by atoms with Gasteiger partial charge in [-0.15, -0.1) is 0 Å². The Labute approximate surface area is 375 Å². The summed E-state index contributed by atoms with van der Waals surface area (Å²) in [6.45, 7) is 3.34. The minimum atomic E-state index is -0.212. The number of phenolic OH excluding ortho intramolecular Hbond substituents is 1. The van der Waals surface area contributed by atoms with Crippen molar-refractivity contribution < 1.29 is 19.4 Å². The standard InChI is InChI=1S/C55H68N4O4/c1-63-52-32-41(44(31-51(52)62)30-45-37-59-53(56)33-42(45)19-18-40-13-7-12-39(28-40)17-16-38-10-3-2-4-11-38)20-21-48(61)34-47(60)15-8-25-55(23-5-6-24-55)35-50-49-22-27-57-36-46(49)29-43-14-9-26-58-54(43)50/h2-4,7,10-13,20-21,28-29,31-33,37,46,49-50,54,57-58,62H,5-6,8-9,14-19,22-27,30,34-36H2,1H3,(H2,56,59)/t46-,49+,50-,54+/m0/s1. The summed E-state index contributed by atoms with van der Waals surface area (Å²) in [5.74, 6) is 2.65. The maximum absolute atomic E-state index is 13.4. The van der Waals surface area contributed by atoms with Gasteiger partial charge in [0.05, 0.1) is 13.5 Å². The molecule has 0 bridgehead atoms. The van der Waals surface area contributed by atoms with E-state index >= 15 is 0 Å². The van der Waals surface area contributed by atoms with Crippen LogP contribution in [0.3, 0.4) is 0 Å². The molecule has 3 heterocycles. The number of Topliss-reactive ketones (excluding diaryl/α,β-unsaturated/α-hetero) is 1. The Hall–Kier alpha value is -5.05. The normalized spacial score (nSPS) is 21.7. The molecule has 2 aliphatic carbocycles. The molecule has 8 nitrogen and oxygen atoms in total. The maximum atomic E-state index is 13.4. The number of aromatic hydroxyl groups is 1. The lowest BCUT2D eigenvalue weighted by atomic mass is 9.60. The minimum absolute atomic E-state index is 0.0101. The molecule has 1 aromatic heterocycles. The van der Waals surface area contributed by atoms with Gasteiger partial charge in [-0.25, -0.2) is 4.98 Å². The van der Waals surface area contributed by atoms with E-state index in [-0.39, 0.29) is 23.7 Å². The molecule has 8 rings (SSSR count). The molecule has 0 radical (unpaired) electrons. The highest BCUT2D eigenvalue weighted by atomic mass is 16.5. The van der Waals surface area contributed by atoms with E-state index in [0.717, 1.165) is 86.3 Å². The van der Waals surface area contributed by atoms with Gasteiger partial charge in [0.15, 0.2) is 17.3 Å². The number of ketones is 2. The second-order valence-electron chi connectivity index (χ2n) is 19.1. The van der Waals surface area contributed by atoms with Crippen LogP contribution in [0, 0.1) is 23.2 Å². The van der Waals surface area contributed by atoms with Crippen molar-refractivity contribution in [1.82, 2.24) is 15.6 Å². The van der Waals surface area contributed by atoms with Gasteiger partial charge in [-0.1, -0.05) is 85.2 Å². The SMILES string of the molecule is COc1cc(C=CC(=O)CC(=O)CCCC2(C[C@H]3[C@@H]4CCNC[C@@H]4C=C4CCCN[C@H]43)CCCC2)c(Cc2cnc(N)cc2CCc2cccc(CCc3ccccc3)c2)cc1O.